The maximum atomic E-state index is 3.83. The molecule has 1 rings (SSSR count). The summed E-state index contributed by atoms with van der Waals surface area (Å²) in [6.07, 6.45) is 6.01. The molecule has 0 aliphatic carbocycles. The van der Waals surface area contributed by atoms with Crippen molar-refractivity contribution in [2.75, 3.05) is 19.6 Å². The van der Waals surface area contributed by atoms with Crippen molar-refractivity contribution >= 4 is 0 Å². The Balaban J connectivity index is 2.86. The topological polar surface area (TPSA) is 15.3 Å². The predicted molar refractivity (Wildman–Crippen MR) is 81.0 cm³/mol. The number of hydrogen-bond donors (Lipinski definition) is 1. The smallest absolute Gasteiger partial charge is 0.0307 e. The molecule has 0 aromatic carbocycles. The lowest BCUT2D eigenvalue weighted by atomic mass is 9.83. The second kappa shape index (κ2) is 6.21. The maximum Gasteiger partial charge on any atom is 0.0307 e. The molecule has 2 nitrogen and oxygen atoms in total. The third-order valence-electron chi connectivity index (χ3n) is 4.94. The van der Waals surface area contributed by atoms with E-state index in [-0.39, 0.29) is 0 Å². The zero-order valence-corrected chi connectivity index (χ0v) is 13.3. The molecule has 1 fully saturated rings. The summed E-state index contributed by atoms with van der Waals surface area (Å²) in [7, 11) is 0. The van der Waals surface area contributed by atoms with E-state index in [9.17, 15) is 0 Å². The van der Waals surface area contributed by atoms with Crippen LogP contribution in [0, 0.1) is 0 Å². The van der Waals surface area contributed by atoms with Gasteiger partial charge in [0.2, 0.25) is 0 Å². The number of rotatable bonds is 5. The molecule has 1 N–H and O–H groups in total. The fraction of sp³-hybridized carbons (Fsp3) is 0.875. The van der Waals surface area contributed by atoms with Gasteiger partial charge in [0.15, 0.2) is 0 Å². The number of piperazine rings is 1. The molecule has 2 heteroatoms. The first-order chi connectivity index (χ1) is 8.41. The molecular weight excluding hydrogens is 220 g/mol. The fourth-order valence-electron chi connectivity index (χ4n) is 2.75. The Bertz CT molecular complexity index is 287. The Morgan fingerprint density at radius 3 is 2.22 bits per heavy atom. The van der Waals surface area contributed by atoms with Crippen molar-refractivity contribution in [3.63, 3.8) is 0 Å². The first-order valence-electron chi connectivity index (χ1n) is 7.55. The molecule has 1 saturated heterocycles. The van der Waals surface area contributed by atoms with E-state index in [0.29, 0.717) is 11.1 Å². The minimum Gasteiger partial charge on any atom is -0.308 e. The summed E-state index contributed by atoms with van der Waals surface area (Å²) >= 11 is 0. The van der Waals surface area contributed by atoms with Crippen LogP contribution in [0.4, 0.5) is 0 Å². The van der Waals surface area contributed by atoms with Crippen molar-refractivity contribution in [1.29, 1.82) is 0 Å². The monoisotopic (exact) mass is 252 g/mol. The summed E-state index contributed by atoms with van der Waals surface area (Å²) in [6, 6.07) is 0. The molecular formula is C16H32N2. The van der Waals surface area contributed by atoms with Gasteiger partial charge in [0.1, 0.15) is 0 Å². The molecule has 0 radical (unpaired) electrons. The minimum atomic E-state index is 0.305. The number of nitrogens with zero attached hydrogens (tertiary/aromatic N) is 1. The van der Waals surface area contributed by atoms with Crippen LogP contribution in [0.5, 0.6) is 0 Å². The van der Waals surface area contributed by atoms with Crippen LogP contribution in [0.1, 0.15) is 60.8 Å². The summed E-state index contributed by atoms with van der Waals surface area (Å²) in [6.45, 7) is 17.1. The van der Waals surface area contributed by atoms with Gasteiger partial charge in [-0.2, -0.15) is 0 Å². The summed E-state index contributed by atoms with van der Waals surface area (Å²) in [5, 5.41) is 3.83. The molecule has 0 amide bonds. The summed E-state index contributed by atoms with van der Waals surface area (Å²) in [5.74, 6) is 0. The average Bonchev–Trinajstić information content (AvgIpc) is 2.38. The van der Waals surface area contributed by atoms with E-state index in [4.69, 9.17) is 0 Å². The highest BCUT2D eigenvalue weighted by molar-refractivity contribution is 5.05. The molecule has 1 heterocycles. The van der Waals surface area contributed by atoms with Gasteiger partial charge in [-0.3, -0.25) is 4.90 Å². The zero-order valence-electron chi connectivity index (χ0n) is 13.3. The molecule has 0 aromatic heterocycles. The van der Waals surface area contributed by atoms with Crippen LogP contribution >= 0.6 is 0 Å². The van der Waals surface area contributed by atoms with Crippen molar-refractivity contribution in [2.24, 2.45) is 0 Å². The highest BCUT2D eigenvalue weighted by atomic mass is 15.3. The highest BCUT2D eigenvalue weighted by Crippen LogP contribution is 2.30. The van der Waals surface area contributed by atoms with E-state index in [1.165, 1.54) is 31.4 Å². The Morgan fingerprint density at radius 2 is 1.78 bits per heavy atom. The fourth-order valence-corrected chi connectivity index (χ4v) is 2.75. The third kappa shape index (κ3) is 3.36. The molecule has 18 heavy (non-hydrogen) atoms. The summed E-state index contributed by atoms with van der Waals surface area (Å²) in [5.41, 5.74) is 2.05. The quantitative estimate of drug-likeness (QED) is 0.752. The normalized spacial score (nSPS) is 28.1. The predicted octanol–water partition coefficient (Wildman–Crippen LogP) is 3.59. The van der Waals surface area contributed by atoms with E-state index in [1.807, 2.05) is 0 Å². The highest BCUT2D eigenvalue weighted by Gasteiger charge is 2.41. The minimum absolute atomic E-state index is 0.305. The first kappa shape index (κ1) is 15.7. The second-order valence-electron chi connectivity index (χ2n) is 6.35. The van der Waals surface area contributed by atoms with E-state index in [1.54, 1.807) is 0 Å². The van der Waals surface area contributed by atoms with E-state index in [2.05, 4.69) is 57.8 Å². The van der Waals surface area contributed by atoms with Gasteiger partial charge in [0.05, 0.1) is 0 Å². The van der Waals surface area contributed by atoms with E-state index in [0.717, 1.165) is 13.1 Å². The van der Waals surface area contributed by atoms with Crippen LogP contribution < -0.4 is 5.32 Å². The summed E-state index contributed by atoms with van der Waals surface area (Å²) < 4.78 is 0. The lowest BCUT2D eigenvalue weighted by Gasteiger charge is -2.53. The van der Waals surface area contributed by atoms with Crippen LogP contribution in [0.15, 0.2) is 11.6 Å². The van der Waals surface area contributed by atoms with Gasteiger partial charge in [-0.05, 0) is 40.0 Å². The number of nitrogens with one attached hydrogen (secondary N) is 1. The van der Waals surface area contributed by atoms with E-state index < -0.39 is 0 Å². The molecule has 106 valence electrons. The van der Waals surface area contributed by atoms with Crippen LogP contribution in [0.3, 0.4) is 0 Å². The third-order valence-corrected chi connectivity index (χ3v) is 4.94. The Morgan fingerprint density at radius 1 is 1.17 bits per heavy atom. The molecule has 0 aromatic rings. The maximum absolute atomic E-state index is 3.83. The van der Waals surface area contributed by atoms with Gasteiger partial charge in [-0.15, -0.1) is 0 Å². The largest absolute Gasteiger partial charge is 0.308 e. The molecule has 1 aliphatic heterocycles. The molecule has 0 bridgehead atoms. The van der Waals surface area contributed by atoms with Gasteiger partial charge >= 0.3 is 0 Å². The van der Waals surface area contributed by atoms with Crippen molar-refractivity contribution in [2.45, 2.75) is 71.9 Å². The Labute approximate surface area is 114 Å². The van der Waals surface area contributed by atoms with Gasteiger partial charge in [0.25, 0.3) is 0 Å². The standard InChI is InChI=1S/C16H32N2/c1-7-15(6)12-17-16(8-2,9-3)13-18(15)11-10-14(4)5/h10,17H,7-9,11-13H2,1-6H3. The second-order valence-corrected chi connectivity index (χ2v) is 6.35. The molecule has 1 aliphatic rings. The van der Waals surface area contributed by atoms with Gasteiger partial charge < -0.3 is 5.32 Å². The van der Waals surface area contributed by atoms with Gasteiger partial charge in [-0.25, -0.2) is 0 Å². The SMILES string of the molecule is CCC1(CC)CN(CC=C(C)C)C(C)(CC)CN1. The van der Waals surface area contributed by atoms with Crippen LogP contribution in [0.25, 0.3) is 0 Å². The molecule has 0 spiro atoms. The number of allylic oxidation sites excluding steroid dienone is 1. The van der Waals surface area contributed by atoms with Crippen molar-refractivity contribution in [3.8, 4) is 0 Å². The van der Waals surface area contributed by atoms with Crippen molar-refractivity contribution in [1.82, 2.24) is 10.2 Å². The molecule has 1 atom stereocenters. The van der Waals surface area contributed by atoms with Crippen molar-refractivity contribution < 1.29 is 0 Å². The Kier molecular flexibility index (Phi) is 5.42. The summed E-state index contributed by atoms with van der Waals surface area (Å²) in [4.78, 5) is 2.68. The molecule has 0 saturated carbocycles. The number of hydrogen-bond acceptors (Lipinski definition) is 2. The van der Waals surface area contributed by atoms with Crippen LogP contribution in [0.2, 0.25) is 0 Å². The van der Waals surface area contributed by atoms with Gasteiger partial charge in [0, 0.05) is 30.7 Å². The average molecular weight is 252 g/mol. The van der Waals surface area contributed by atoms with E-state index >= 15 is 0 Å². The zero-order chi connectivity index (χ0) is 13.8. The van der Waals surface area contributed by atoms with Crippen molar-refractivity contribution in [3.05, 3.63) is 11.6 Å². The lowest BCUT2D eigenvalue weighted by molar-refractivity contribution is 0.0182. The van der Waals surface area contributed by atoms with Crippen LogP contribution in [-0.2, 0) is 0 Å². The molecule has 1 unspecified atom stereocenters. The van der Waals surface area contributed by atoms with Crippen LogP contribution in [-0.4, -0.2) is 35.6 Å². The lowest BCUT2D eigenvalue weighted by Crippen LogP contribution is -2.68. The first-order valence-corrected chi connectivity index (χ1v) is 7.55. The Hall–Kier alpha value is -0.340. The van der Waals surface area contributed by atoms with Gasteiger partial charge in [-0.1, -0.05) is 32.4 Å².